The molecule has 2 unspecified atom stereocenters. The third kappa shape index (κ3) is 3.88. The molecule has 5 heteroatoms. The number of nitrogens with two attached hydrogens (primary N) is 1. The second kappa shape index (κ2) is 6.30. The smallest absolute Gasteiger partial charge is 0.238 e. The summed E-state index contributed by atoms with van der Waals surface area (Å²) in [6, 6.07) is 7.71. The van der Waals surface area contributed by atoms with Crippen LogP contribution in [-0.2, 0) is 4.79 Å². The predicted molar refractivity (Wildman–Crippen MR) is 82.4 cm³/mol. The molecule has 4 nitrogen and oxygen atoms in total. The summed E-state index contributed by atoms with van der Waals surface area (Å²) in [5.41, 5.74) is 7.12. The maximum Gasteiger partial charge on any atom is 0.238 e. The van der Waals surface area contributed by atoms with E-state index < -0.39 is 0 Å². The summed E-state index contributed by atoms with van der Waals surface area (Å²) in [5, 5.41) is 3.48. The van der Waals surface area contributed by atoms with Gasteiger partial charge in [0, 0.05) is 35.0 Å². The first-order valence-electron chi connectivity index (χ1n) is 6.57. The highest BCUT2D eigenvalue weighted by molar-refractivity contribution is 8.00. The molecule has 2 atom stereocenters. The van der Waals surface area contributed by atoms with Gasteiger partial charge in [-0.1, -0.05) is 13.0 Å². The van der Waals surface area contributed by atoms with Gasteiger partial charge in [-0.25, -0.2) is 0 Å². The Morgan fingerprint density at radius 3 is 3.05 bits per heavy atom. The normalized spacial score (nSPS) is 24.1. The quantitative estimate of drug-likeness (QED) is 0.831. The van der Waals surface area contributed by atoms with E-state index in [1.54, 1.807) is 12.1 Å². The lowest BCUT2D eigenvalue weighted by Crippen LogP contribution is -2.47. The van der Waals surface area contributed by atoms with Gasteiger partial charge in [0.25, 0.3) is 0 Å². The van der Waals surface area contributed by atoms with Crippen LogP contribution in [0.2, 0.25) is 0 Å². The first kappa shape index (κ1) is 14.2. The number of hydrogen-bond donors (Lipinski definition) is 2. The van der Waals surface area contributed by atoms with Crippen molar-refractivity contribution in [2.45, 2.75) is 25.1 Å². The number of rotatable bonds is 3. The number of nitrogens with one attached hydrogen (secondary N) is 1. The second-order valence-corrected chi connectivity index (χ2v) is 6.45. The van der Waals surface area contributed by atoms with Crippen LogP contribution in [0.15, 0.2) is 24.3 Å². The Morgan fingerprint density at radius 2 is 2.32 bits per heavy atom. The molecular formula is C14H21N3OS. The molecule has 2 rings (SSSR count). The van der Waals surface area contributed by atoms with Crippen molar-refractivity contribution in [3.63, 3.8) is 0 Å². The van der Waals surface area contributed by atoms with Crippen LogP contribution in [0.4, 0.5) is 11.4 Å². The van der Waals surface area contributed by atoms with E-state index in [1.807, 2.05) is 23.9 Å². The molecule has 104 valence electrons. The van der Waals surface area contributed by atoms with Gasteiger partial charge in [-0.3, -0.25) is 9.69 Å². The fraction of sp³-hybridized carbons (Fsp3) is 0.500. The zero-order valence-corrected chi connectivity index (χ0v) is 12.2. The van der Waals surface area contributed by atoms with Crippen LogP contribution in [0.25, 0.3) is 0 Å². The molecule has 0 radical (unpaired) electrons. The number of nitrogens with zero attached hydrogens (tertiary/aromatic N) is 1. The maximum absolute atomic E-state index is 12.0. The van der Waals surface area contributed by atoms with Crippen molar-refractivity contribution < 1.29 is 4.79 Å². The van der Waals surface area contributed by atoms with Crippen molar-refractivity contribution >= 4 is 29.0 Å². The fourth-order valence-corrected chi connectivity index (χ4v) is 3.38. The summed E-state index contributed by atoms with van der Waals surface area (Å²) < 4.78 is 0. The SMILES string of the molecule is CC1SCCN(CC(=O)Nc2cccc(N)c2)C1C. The summed E-state index contributed by atoms with van der Waals surface area (Å²) in [6.45, 7) is 5.82. The predicted octanol–water partition coefficient (Wildman–Crippen LogP) is 2.03. The van der Waals surface area contributed by atoms with Crippen molar-refractivity contribution in [2.24, 2.45) is 0 Å². The van der Waals surface area contributed by atoms with Gasteiger partial charge in [0.1, 0.15) is 0 Å². The van der Waals surface area contributed by atoms with Crippen LogP contribution in [0.3, 0.4) is 0 Å². The van der Waals surface area contributed by atoms with Gasteiger partial charge in [0.05, 0.1) is 6.54 Å². The van der Waals surface area contributed by atoms with Crippen LogP contribution in [0, 0.1) is 0 Å². The van der Waals surface area contributed by atoms with Crippen molar-refractivity contribution in [2.75, 3.05) is 29.9 Å². The molecule has 1 saturated heterocycles. The standard InChI is InChI=1S/C14H21N3OS/c1-10-11(2)19-7-6-17(10)9-14(18)16-13-5-3-4-12(15)8-13/h3-5,8,10-11H,6-7,9,15H2,1-2H3,(H,16,18). The number of thioether (sulfide) groups is 1. The summed E-state index contributed by atoms with van der Waals surface area (Å²) >= 11 is 1.97. The number of nitrogen functional groups attached to an aromatic ring is 1. The average Bonchev–Trinajstić information content (AvgIpc) is 2.35. The molecule has 1 aromatic carbocycles. The van der Waals surface area contributed by atoms with E-state index >= 15 is 0 Å². The number of carbonyl (C=O) groups excluding carboxylic acids is 1. The minimum Gasteiger partial charge on any atom is -0.399 e. The van der Waals surface area contributed by atoms with Gasteiger partial charge in [0.15, 0.2) is 0 Å². The molecule has 3 N–H and O–H groups in total. The fourth-order valence-electron chi connectivity index (χ4n) is 2.22. The Balaban J connectivity index is 1.90. The molecule has 0 aromatic heterocycles. The average molecular weight is 279 g/mol. The molecule has 1 amide bonds. The molecule has 1 fully saturated rings. The lowest BCUT2D eigenvalue weighted by Gasteiger charge is -2.36. The van der Waals surface area contributed by atoms with Gasteiger partial charge < -0.3 is 11.1 Å². The molecule has 19 heavy (non-hydrogen) atoms. The van der Waals surface area contributed by atoms with Gasteiger partial charge in [-0.15, -0.1) is 0 Å². The van der Waals surface area contributed by atoms with Crippen LogP contribution in [0.1, 0.15) is 13.8 Å². The molecule has 1 aliphatic heterocycles. The highest BCUT2D eigenvalue weighted by atomic mass is 32.2. The molecule has 1 aliphatic rings. The molecule has 1 heterocycles. The van der Waals surface area contributed by atoms with Crippen molar-refractivity contribution in [3.05, 3.63) is 24.3 Å². The zero-order valence-electron chi connectivity index (χ0n) is 11.4. The third-order valence-corrected chi connectivity index (χ3v) is 4.87. The van der Waals surface area contributed by atoms with Gasteiger partial charge in [0.2, 0.25) is 5.91 Å². The molecule has 0 aliphatic carbocycles. The monoisotopic (exact) mass is 279 g/mol. The van der Waals surface area contributed by atoms with E-state index in [2.05, 4.69) is 24.1 Å². The highest BCUT2D eigenvalue weighted by Crippen LogP contribution is 2.23. The Bertz CT molecular complexity index is 452. The molecule has 0 saturated carbocycles. The minimum atomic E-state index is 0.0246. The number of carbonyl (C=O) groups is 1. The summed E-state index contributed by atoms with van der Waals surface area (Å²) in [4.78, 5) is 14.3. The minimum absolute atomic E-state index is 0.0246. The third-order valence-electron chi connectivity index (χ3n) is 3.53. The highest BCUT2D eigenvalue weighted by Gasteiger charge is 2.26. The van der Waals surface area contributed by atoms with E-state index in [0.717, 1.165) is 18.0 Å². The second-order valence-electron chi connectivity index (χ2n) is 4.96. The Labute approximate surface area is 118 Å². The van der Waals surface area contributed by atoms with Crippen molar-refractivity contribution in [3.8, 4) is 0 Å². The molecule has 1 aromatic rings. The van der Waals surface area contributed by atoms with Gasteiger partial charge >= 0.3 is 0 Å². The molecule has 0 spiro atoms. The maximum atomic E-state index is 12.0. The number of anilines is 2. The van der Waals surface area contributed by atoms with E-state index in [9.17, 15) is 4.79 Å². The van der Waals surface area contributed by atoms with Gasteiger partial charge in [-0.05, 0) is 25.1 Å². The summed E-state index contributed by atoms with van der Waals surface area (Å²) in [6.07, 6.45) is 0. The topological polar surface area (TPSA) is 58.4 Å². The lowest BCUT2D eigenvalue weighted by molar-refractivity contribution is -0.117. The first-order valence-corrected chi connectivity index (χ1v) is 7.62. The number of hydrogen-bond acceptors (Lipinski definition) is 4. The van der Waals surface area contributed by atoms with E-state index in [1.165, 1.54) is 0 Å². The number of amides is 1. The van der Waals surface area contributed by atoms with E-state index in [4.69, 9.17) is 5.73 Å². The van der Waals surface area contributed by atoms with Crippen LogP contribution in [-0.4, -0.2) is 40.9 Å². The number of benzene rings is 1. The van der Waals surface area contributed by atoms with Crippen LogP contribution >= 0.6 is 11.8 Å². The Morgan fingerprint density at radius 1 is 1.53 bits per heavy atom. The summed E-state index contributed by atoms with van der Waals surface area (Å²) in [5.74, 6) is 1.12. The van der Waals surface area contributed by atoms with E-state index in [0.29, 0.717) is 23.5 Å². The lowest BCUT2D eigenvalue weighted by atomic mass is 10.2. The van der Waals surface area contributed by atoms with Crippen molar-refractivity contribution in [1.29, 1.82) is 0 Å². The largest absolute Gasteiger partial charge is 0.399 e. The van der Waals surface area contributed by atoms with Crippen LogP contribution in [0.5, 0.6) is 0 Å². The first-order chi connectivity index (χ1) is 9.06. The molecular weight excluding hydrogens is 258 g/mol. The van der Waals surface area contributed by atoms with Crippen LogP contribution < -0.4 is 11.1 Å². The van der Waals surface area contributed by atoms with Gasteiger partial charge in [-0.2, -0.15) is 11.8 Å². The zero-order chi connectivity index (χ0) is 13.8. The summed E-state index contributed by atoms with van der Waals surface area (Å²) in [7, 11) is 0. The molecule has 0 bridgehead atoms. The Hall–Kier alpha value is -1.20. The van der Waals surface area contributed by atoms with Crippen molar-refractivity contribution in [1.82, 2.24) is 4.90 Å². The van der Waals surface area contributed by atoms with E-state index in [-0.39, 0.29) is 5.91 Å². The Kier molecular flexibility index (Phi) is 4.71.